The van der Waals surface area contributed by atoms with Crippen LogP contribution in [-0.2, 0) is 4.84 Å². The Bertz CT molecular complexity index is 598. The van der Waals surface area contributed by atoms with Gasteiger partial charge in [0, 0.05) is 6.42 Å². The van der Waals surface area contributed by atoms with Crippen LogP contribution >= 0.6 is 12.2 Å². The largest absolute Gasteiger partial charge is 0.497 e. The summed E-state index contributed by atoms with van der Waals surface area (Å²) in [5, 5.41) is 1.74. The van der Waals surface area contributed by atoms with Gasteiger partial charge in [-0.15, -0.1) is 0 Å². The van der Waals surface area contributed by atoms with E-state index in [-0.39, 0.29) is 6.10 Å². The molecule has 1 atom stereocenters. The van der Waals surface area contributed by atoms with E-state index in [1.165, 1.54) is 0 Å². The summed E-state index contributed by atoms with van der Waals surface area (Å²) < 4.78 is 5.17. The maximum atomic E-state index is 5.97. The van der Waals surface area contributed by atoms with Gasteiger partial charge in [-0.3, -0.25) is 4.84 Å². The molecule has 102 valence electrons. The van der Waals surface area contributed by atoms with E-state index in [0.29, 0.717) is 0 Å². The summed E-state index contributed by atoms with van der Waals surface area (Å²) >= 11 is 5.42. The van der Waals surface area contributed by atoms with Gasteiger partial charge in [0.05, 0.1) is 12.8 Å². The Balaban J connectivity index is 1.79. The number of para-hydroxylation sites is 1. The van der Waals surface area contributed by atoms with Crippen LogP contribution in [-0.4, -0.2) is 12.1 Å². The molecule has 0 aromatic heterocycles. The third-order valence-corrected chi connectivity index (χ3v) is 3.63. The van der Waals surface area contributed by atoms with Crippen molar-refractivity contribution in [2.75, 3.05) is 12.2 Å². The van der Waals surface area contributed by atoms with E-state index in [1.807, 2.05) is 54.6 Å². The number of nitrogens with zero attached hydrogens (tertiary/aromatic N) is 1. The molecule has 1 aliphatic heterocycles. The van der Waals surface area contributed by atoms with Gasteiger partial charge in [0.15, 0.2) is 0 Å². The lowest BCUT2D eigenvalue weighted by Crippen LogP contribution is -2.20. The van der Waals surface area contributed by atoms with Gasteiger partial charge in [0.2, 0.25) is 0 Å². The molecule has 0 radical (unpaired) electrons. The van der Waals surface area contributed by atoms with Crippen molar-refractivity contribution in [1.29, 1.82) is 0 Å². The highest BCUT2D eigenvalue weighted by atomic mass is 32.1. The molecule has 2 aromatic carbocycles. The molecule has 1 heterocycles. The molecule has 0 amide bonds. The molecule has 1 unspecified atom stereocenters. The number of benzene rings is 2. The van der Waals surface area contributed by atoms with Crippen LogP contribution < -0.4 is 9.80 Å². The summed E-state index contributed by atoms with van der Waals surface area (Å²) in [6, 6.07) is 17.8. The second-order valence-corrected chi connectivity index (χ2v) is 5.07. The molecule has 4 heteroatoms. The van der Waals surface area contributed by atoms with E-state index >= 15 is 0 Å². The molecule has 1 aliphatic rings. The van der Waals surface area contributed by atoms with Crippen LogP contribution in [0.5, 0.6) is 5.75 Å². The maximum Gasteiger partial charge on any atom is 0.118 e. The number of anilines is 1. The Hall–Kier alpha value is -1.91. The Kier molecular flexibility index (Phi) is 3.67. The van der Waals surface area contributed by atoms with E-state index in [9.17, 15) is 0 Å². The van der Waals surface area contributed by atoms with Crippen molar-refractivity contribution < 1.29 is 9.57 Å². The SMILES string of the molecule is COc1ccc(C2CC(=S)N(c3ccccc3)O2)cc1. The van der Waals surface area contributed by atoms with E-state index in [2.05, 4.69) is 0 Å². The number of hydroxylamine groups is 1. The van der Waals surface area contributed by atoms with Crippen LogP contribution in [0.1, 0.15) is 18.1 Å². The third-order valence-electron chi connectivity index (χ3n) is 3.30. The first kappa shape index (κ1) is 13.1. The molecular formula is C16H15NO2S. The molecule has 0 bridgehead atoms. The molecule has 1 saturated heterocycles. The summed E-state index contributed by atoms with van der Waals surface area (Å²) in [6.07, 6.45) is 0.685. The van der Waals surface area contributed by atoms with Crippen molar-refractivity contribution in [2.45, 2.75) is 12.5 Å². The summed E-state index contributed by atoms with van der Waals surface area (Å²) in [7, 11) is 1.66. The summed E-state index contributed by atoms with van der Waals surface area (Å²) in [5.74, 6) is 0.842. The predicted octanol–water partition coefficient (Wildman–Crippen LogP) is 3.91. The highest BCUT2D eigenvalue weighted by Gasteiger charge is 2.30. The lowest BCUT2D eigenvalue weighted by Gasteiger charge is -2.18. The molecule has 0 N–H and O–H groups in total. The van der Waals surface area contributed by atoms with Crippen LogP contribution in [0.3, 0.4) is 0 Å². The standard InChI is InChI=1S/C16H15NO2S/c1-18-14-9-7-12(8-10-14)15-11-16(20)17(19-15)13-5-3-2-4-6-13/h2-10,15H,11H2,1H3. The highest BCUT2D eigenvalue weighted by Crippen LogP contribution is 2.34. The van der Waals surface area contributed by atoms with Crippen molar-refractivity contribution in [1.82, 2.24) is 0 Å². The van der Waals surface area contributed by atoms with E-state index in [1.54, 1.807) is 12.2 Å². The number of methoxy groups -OCH3 is 1. The van der Waals surface area contributed by atoms with Crippen molar-refractivity contribution in [3.63, 3.8) is 0 Å². The van der Waals surface area contributed by atoms with Crippen LogP contribution in [0.25, 0.3) is 0 Å². The lowest BCUT2D eigenvalue weighted by molar-refractivity contribution is 0.0936. The number of hydrogen-bond donors (Lipinski definition) is 0. The summed E-state index contributed by atoms with van der Waals surface area (Å²) in [6.45, 7) is 0. The molecule has 3 rings (SSSR count). The fourth-order valence-electron chi connectivity index (χ4n) is 2.23. The molecule has 3 nitrogen and oxygen atoms in total. The second-order valence-electron chi connectivity index (χ2n) is 4.60. The van der Waals surface area contributed by atoms with Gasteiger partial charge in [0.25, 0.3) is 0 Å². The van der Waals surface area contributed by atoms with Crippen LogP contribution in [0.4, 0.5) is 5.69 Å². The van der Waals surface area contributed by atoms with E-state index in [4.69, 9.17) is 21.8 Å². The van der Waals surface area contributed by atoms with Gasteiger partial charge >= 0.3 is 0 Å². The monoisotopic (exact) mass is 285 g/mol. The van der Waals surface area contributed by atoms with Gasteiger partial charge in [0.1, 0.15) is 16.8 Å². The van der Waals surface area contributed by atoms with E-state index < -0.39 is 0 Å². The van der Waals surface area contributed by atoms with Crippen molar-refractivity contribution in [3.05, 3.63) is 60.2 Å². The fourth-order valence-corrected chi connectivity index (χ4v) is 2.53. The van der Waals surface area contributed by atoms with Gasteiger partial charge in [-0.1, -0.05) is 42.5 Å². The Morgan fingerprint density at radius 2 is 1.80 bits per heavy atom. The lowest BCUT2D eigenvalue weighted by atomic mass is 10.1. The molecule has 20 heavy (non-hydrogen) atoms. The van der Waals surface area contributed by atoms with Crippen LogP contribution in [0.2, 0.25) is 0 Å². The van der Waals surface area contributed by atoms with Gasteiger partial charge in [-0.25, -0.2) is 5.06 Å². The average Bonchev–Trinajstić information content (AvgIpc) is 2.90. The zero-order valence-electron chi connectivity index (χ0n) is 11.2. The summed E-state index contributed by atoms with van der Waals surface area (Å²) in [5.41, 5.74) is 2.07. The molecule has 0 aliphatic carbocycles. The Morgan fingerprint density at radius 3 is 2.45 bits per heavy atom. The minimum atomic E-state index is -0.0337. The minimum Gasteiger partial charge on any atom is -0.497 e. The zero-order chi connectivity index (χ0) is 13.9. The van der Waals surface area contributed by atoms with Gasteiger partial charge in [-0.2, -0.15) is 0 Å². The smallest absolute Gasteiger partial charge is 0.118 e. The first-order valence-electron chi connectivity index (χ1n) is 6.46. The summed E-state index contributed by atoms with van der Waals surface area (Å²) in [4.78, 5) is 6.77. The molecule has 2 aromatic rings. The van der Waals surface area contributed by atoms with Crippen LogP contribution in [0, 0.1) is 0 Å². The molecular weight excluding hydrogens is 270 g/mol. The number of hydrogen-bond acceptors (Lipinski definition) is 3. The minimum absolute atomic E-state index is 0.0337. The Morgan fingerprint density at radius 1 is 1.10 bits per heavy atom. The highest BCUT2D eigenvalue weighted by molar-refractivity contribution is 7.80. The third kappa shape index (κ3) is 2.53. The van der Waals surface area contributed by atoms with Crippen LogP contribution in [0.15, 0.2) is 54.6 Å². The van der Waals surface area contributed by atoms with Gasteiger partial charge in [-0.05, 0) is 29.8 Å². The number of thiocarbonyl (C=S) groups is 1. The normalized spacial score (nSPS) is 18.4. The van der Waals surface area contributed by atoms with E-state index in [0.717, 1.165) is 28.4 Å². The number of rotatable bonds is 3. The van der Waals surface area contributed by atoms with Gasteiger partial charge < -0.3 is 4.74 Å². The molecule has 0 saturated carbocycles. The predicted molar refractivity (Wildman–Crippen MR) is 83.0 cm³/mol. The second kappa shape index (κ2) is 5.61. The Labute approximate surface area is 123 Å². The first-order valence-corrected chi connectivity index (χ1v) is 6.87. The number of ether oxygens (including phenoxy) is 1. The van der Waals surface area contributed by atoms with Crippen molar-refractivity contribution in [3.8, 4) is 5.75 Å². The quantitative estimate of drug-likeness (QED) is 0.797. The zero-order valence-corrected chi connectivity index (χ0v) is 12.0. The first-order chi connectivity index (χ1) is 9.78. The maximum absolute atomic E-state index is 5.97. The topological polar surface area (TPSA) is 21.7 Å². The fraction of sp³-hybridized carbons (Fsp3) is 0.188. The molecule has 0 spiro atoms. The molecule has 1 fully saturated rings. The van der Waals surface area contributed by atoms with Crippen molar-refractivity contribution in [2.24, 2.45) is 0 Å². The van der Waals surface area contributed by atoms with Crippen molar-refractivity contribution >= 4 is 22.9 Å². The average molecular weight is 285 g/mol.